The summed E-state index contributed by atoms with van der Waals surface area (Å²) >= 11 is 1.16. The second kappa shape index (κ2) is 7.47. The number of aromatic amines is 1. The van der Waals surface area contributed by atoms with Crippen LogP contribution in [-0.2, 0) is 17.6 Å². The quantitative estimate of drug-likeness (QED) is 0.472. The molecule has 1 amide bonds. The van der Waals surface area contributed by atoms with Crippen LogP contribution in [0.15, 0.2) is 48.8 Å². The van der Waals surface area contributed by atoms with E-state index in [0.717, 1.165) is 33.9 Å². The van der Waals surface area contributed by atoms with E-state index in [2.05, 4.69) is 15.3 Å². The molecular weight excluding hydrogens is 387 g/mol. The molecule has 0 atom stereocenters. The van der Waals surface area contributed by atoms with Gasteiger partial charge in [0, 0.05) is 34.6 Å². The highest BCUT2D eigenvalue weighted by Gasteiger charge is 2.15. The fourth-order valence-electron chi connectivity index (χ4n) is 2.95. The molecule has 4 nitrogen and oxygen atoms in total. The van der Waals surface area contributed by atoms with Crippen molar-refractivity contribution in [3.05, 3.63) is 82.2 Å². The van der Waals surface area contributed by atoms with Crippen LogP contribution in [0.5, 0.6) is 0 Å². The van der Waals surface area contributed by atoms with Gasteiger partial charge in [-0.15, -0.1) is 11.3 Å². The van der Waals surface area contributed by atoms with Crippen LogP contribution in [-0.4, -0.2) is 15.9 Å². The van der Waals surface area contributed by atoms with Crippen LogP contribution in [0.2, 0.25) is 0 Å². The first-order valence-electron chi connectivity index (χ1n) is 8.43. The number of hydrogen-bond acceptors (Lipinski definition) is 3. The minimum atomic E-state index is -1.49. The Morgan fingerprint density at radius 3 is 2.75 bits per heavy atom. The summed E-state index contributed by atoms with van der Waals surface area (Å²) in [4.78, 5) is 20.2. The second-order valence-corrected chi connectivity index (χ2v) is 7.34. The molecule has 2 N–H and O–H groups in total. The number of anilines is 1. The third-order valence-electron chi connectivity index (χ3n) is 4.31. The summed E-state index contributed by atoms with van der Waals surface area (Å²) in [5, 5.41) is 4.05. The van der Waals surface area contributed by atoms with Gasteiger partial charge in [0.05, 0.1) is 6.42 Å². The normalized spacial score (nSPS) is 11.1. The van der Waals surface area contributed by atoms with E-state index in [9.17, 15) is 18.0 Å². The SMILES string of the molecule is O=C(Cc1c[nH]c2ccccc12)Nc1ncc(Cc2ccc(F)c(F)c2F)s1. The highest BCUT2D eigenvalue weighted by atomic mass is 32.1. The number of thiazole rings is 1. The molecule has 0 bridgehead atoms. The molecular formula is C20H14F3N3OS. The molecule has 8 heteroatoms. The molecule has 4 rings (SSSR count). The van der Waals surface area contributed by atoms with Crippen molar-refractivity contribution in [2.24, 2.45) is 0 Å². The first kappa shape index (κ1) is 18.2. The van der Waals surface area contributed by atoms with E-state index >= 15 is 0 Å². The number of hydrogen-bond donors (Lipinski definition) is 2. The van der Waals surface area contributed by atoms with E-state index in [-0.39, 0.29) is 24.3 Å². The molecule has 0 spiro atoms. The number of halogens is 3. The number of amides is 1. The van der Waals surface area contributed by atoms with Crippen molar-refractivity contribution in [1.29, 1.82) is 0 Å². The van der Waals surface area contributed by atoms with Gasteiger partial charge in [-0.05, 0) is 23.3 Å². The summed E-state index contributed by atoms with van der Waals surface area (Å²) in [5.74, 6) is -4.16. The first-order valence-corrected chi connectivity index (χ1v) is 9.25. The summed E-state index contributed by atoms with van der Waals surface area (Å²) in [6.45, 7) is 0. The molecule has 0 saturated heterocycles. The van der Waals surface area contributed by atoms with Crippen molar-refractivity contribution in [3.63, 3.8) is 0 Å². The summed E-state index contributed by atoms with van der Waals surface area (Å²) in [6.07, 6.45) is 3.51. The highest BCUT2D eigenvalue weighted by Crippen LogP contribution is 2.25. The molecule has 0 radical (unpaired) electrons. The number of para-hydroxylation sites is 1. The van der Waals surface area contributed by atoms with E-state index in [0.29, 0.717) is 10.0 Å². The van der Waals surface area contributed by atoms with Crippen molar-refractivity contribution in [3.8, 4) is 0 Å². The molecule has 2 heterocycles. The number of fused-ring (bicyclic) bond motifs is 1. The van der Waals surface area contributed by atoms with Gasteiger partial charge in [-0.3, -0.25) is 4.79 Å². The van der Waals surface area contributed by atoms with Gasteiger partial charge in [-0.2, -0.15) is 0 Å². The van der Waals surface area contributed by atoms with Crippen molar-refractivity contribution >= 4 is 33.3 Å². The van der Waals surface area contributed by atoms with Crippen LogP contribution < -0.4 is 5.32 Å². The summed E-state index contributed by atoms with van der Waals surface area (Å²) in [5.41, 5.74) is 1.85. The molecule has 142 valence electrons. The highest BCUT2D eigenvalue weighted by molar-refractivity contribution is 7.15. The van der Waals surface area contributed by atoms with Crippen molar-refractivity contribution in [1.82, 2.24) is 9.97 Å². The first-order chi connectivity index (χ1) is 13.5. The van der Waals surface area contributed by atoms with E-state index < -0.39 is 17.5 Å². The van der Waals surface area contributed by atoms with E-state index in [1.165, 1.54) is 12.3 Å². The van der Waals surface area contributed by atoms with Gasteiger partial charge in [0.2, 0.25) is 5.91 Å². The number of aromatic nitrogens is 2. The fraction of sp³-hybridized carbons (Fsp3) is 0.100. The maximum absolute atomic E-state index is 13.8. The Morgan fingerprint density at radius 2 is 1.89 bits per heavy atom. The molecule has 4 aromatic rings. The largest absolute Gasteiger partial charge is 0.361 e. The third kappa shape index (κ3) is 3.63. The summed E-state index contributed by atoms with van der Waals surface area (Å²) in [6, 6.07) is 9.77. The Bertz CT molecular complexity index is 1170. The van der Waals surface area contributed by atoms with E-state index in [1.807, 2.05) is 24.3 Å². The number of H-pyrrole nitrogens is 1. The summed E-state index contributed by atoms with van der Waals surface area (Å²) < 4.78 is 40.2. The number of benzene rings is 2. The average Bonchev–Trinajstić information content (AvgIpc) is 3.29. The lowest BCUT2D eigenvalue weighted by Gasteiger charge is -2.03. The zero-order valence-electron chi connectivity index (χ0n) is 14.4. The average molecular weight is 401 g/mol. The molecule has 0 aliphatic carbocycles. The third-order valence-corrected chi connectivity index (χ3v) is 5.22. The van der Waals surface area contributed by atoms with Crippen LogP contribution in [0.1, 0.15) is 16.0 Å². The lowest BCUT2D eigenvalue weighted by atomic mass is 10.1. The number of rotatable bonds is 5. The molecule has 0 aliphatic heterocycles. The predicted octanol–water partition coefficient (Wildman–Crippen LogP) is 4.81. The van der Waals surface area contributed by atoms with E-state index in [1.54, 1.807) is 6.20 Å². The lowest BCUT2D eigenvalue weighted by Crippen LogP contribution is -2.13. The maximum atomic E-state index is 13.8. The Balaban J connectivity index is 1.43. The van der Waals surface area contributed by atoms with Gasteiger partial charge in [0.15, 0.2) is 22.6 Å². The summed E-state index contributed by atoms with van der Waals surface area (Å²) in [7, 11) is 0. The number of nitrogens with one attached hydrogen (secondary N) is 2. The minimum Gasteiger partial charge on any atom is -0.361 e. The number of nitrogens with zero attached hydrogens (tertiary/aromatic N) is 1. The Labute approximate surface area is 162 Å². The van der Waals surface area contributed by atoms with E-state index in [4.69, 9.17) is 0 Å². The predicted molar refractivity (Wildman–Crippen MR) is 102 cm³/mol. The van der Waals surface area contributed by atoms with Crippen molar-refractivity contribution < 1.29 is 18.0 Å². The van der Waals surface area contributed by atoms with Gasteiger partial charge in [-0.1, -0.05) is 24.3 Å². The van der Waals surface area contributed by atoms with Gasteiger partial charge >= 0.3 is 0 Å². The van der Waals surface area contributed by atoms with Crippen LogP contribution >= 0.6 is 11.3 Å². The molecule has 0 fully saturated rings. The van der Waals surface area contributed by atoms with Crippen LogP contribution in [0.4, 0.5) is 18.3 Å². The van der Waals surface area contributed by atoms with Crippen LogP contribution in [0.3, 0.4) is 0 Å². The van der Waals surface area contributed by atoms with Gasteiger partial charge in [-0.25, -0.2) is 18.2 Å². The molecule has 0 aliphatic rings. The number of carbonyl (C=O) groups excluding carboxylic acids is 1. The Kier molecular flexibility index (Phi) is 4.87. The zero-order valence-corrected chi connectivity index (χ0v) is 15.2. The molecule has 2 aromatic carbocycles. The monoisotopic (exact) mass is 401 g/mol. The zero-order chi connectivity index (χ0) is 19.7. The fourth-order valence-corrected chi connectivity index (χ4v) is 3.80. The number of carbonyl (C=O) groups is 1. The van der Waals surface area contributed by atoms with Gasteiger partial charge < -0.3 is 10.3 Å². The van der Waals surface area contributed by atoms with Gasteiger partial charge in [0.1, 0.15) is 0 Å². The van der Waals surface area contributed by atoms with Crippen LogP contribution in [0.25, 0.3) is 10.9 Å². The van der Waals surface area contributed by atoms with Gasteiger partial charge in [0.25, 0.3) is 0 Å². The lowest BCUT2D eigenvalue weighted by molar-refractivity contribution is -0.115. The molecule has 0 unspecified atom stereocenters. The topological polar surface area (TPSA) is 57.8 Å². The van der Waals surface area contributed by atoms with Crippen molar-refractivity contribution in [2.75, 3.05) is 5.32 Å². The molecule has 28 heavy (non-hydrogen) atoms. The van der Waals surface area contributed by atoms with Crippen LogP contribution in [0, 0.1) is 17.5 Å². The standard InChI is InChI=1S/C20H14F3N3OS/c21-15-6-5-11(18(22)19(15)23)7-13-10-25-20(28-13)26-17(27)8-12-9-24-16-4-2-1-3-14(12)16/h1-6,9-10,24H,7-8H2,(H,25,26,27). The second-order valence-electron chi connectivity index (χ2n) is 6.23. The molecule has 0 saturated carbocycles. The van der Waals surface area contributed by atoms with Crippen molar-refractivity contribution in [2.45, 2.75) is 12.8 Å². The maximum Gasteiger partial charge on any atom is 0.230 e. The Hall–Kier alpha value is -3.13. The molecule has 2 aromatic heterocycles. The Morgan fingerprint density at radius 1 is 1.07 bits per heavy atom. The smallest absolute Gasteiger partial charge is 0.230 e. The minimum absolute atomic E-state index is 0.0271.